The third-order valence-electron chi connectivity index (χ3n) is 4.29. The summed E-state index contributed by atoms with van der Waals surface area (Å²) in [6.45, 7) is 6.79. The number of sulfonamides is 1. The summed E-state index contributed by atoms with van der Waals surface area (Å²) in [5.74, 6) is 1.11. The fourth-order valence-corrected chi connectivity index (χ4v) is 5.23. The Labute approximate surface area is 161 Å². The van der Waals surface area contributed by atoms with Crippen LogP contribution in [-0.4, -0.2) is 67.5 Å². The monoisotopic (exact) mass is 401 g/mol. The molecule has 5 nitrogen and oxygen atoms in total. The number of aryl methyl sites for hydroxylation is 2. The summed E-state index contributed by atoms with van der Waals surface area (Å²) >= 11 is 7.25. The van der Waals surface area contributed by atoms with E-state index in [2.05, 4.69) is 16.5 Å². The minimum absolute atomic E-state index is 0.415. The Balaban J connectivity index is 1.95. The molecule has 0 atom stereocenters. The van der Waals surface area contributed by atoms with Crippen molar-refractivity contribution in [3.8, 4) is 0 Å². The van der Waals surface area contributed by atoms with Gasteiger partial charge in [0.2, 0.25) is 10.0 Å². The molecule has 0 saturated carbocycles. The van der Waals surface area contributed by atoms with Gasteiger partial charge in [-0.15, -0.1) is 0 Å². The fourth-order valence-electron chi connectivity index (χ4n) is 2.78. The minimum atomic E-state index is -3.45. The molecule has 0 amide bonds. The lowest BCUT2D eigenvalue weighted by atomic mass is 10.2. The highest BCUT2D eigenvalue weighted by molar-refractivity contribution is 7.98. The maximum atomic E-state index is 12.9. The average Bonchev–Trinajstić information content (AvgIpc) is 2.60. The van der Waals surface area contributed by atoms with Gasteiger partial charge in [-0.05, 0) is 61.7 Å². The summed E-state index contributed by atoms with van der Waals surface area (Å²) < 4.78 is 27.4. The zero-order valence-electron chi connectivity index (χ0n) is 15.1. The van der Waals surface area contributed by atoms with E-state index in [-0.39, 0.29) is 0 Å². The van der Waals surface area contributed by atoms with Crippen molar-refractivity contribution < 1.29 is 8.42 Å². The second kappa shape index (κ2) is 9.21. The molecule has 0 aromatic heterocycles. The topological polar surface area (TPSA) is 52.6 Å². The Kier molecular flexibility index (Phi) is 7.54. The van der Waals surface area contributed by atoms with E-state index >= 15 is 0 Å². The van der Waals surface area contributed by atoms with Crippen LogP contribution in [0.1, 0.15) is 17.5 Å². The molecule has 1 aromatic rings. The highest BCUT2D eigenvalue weighted by atomic mass is 32.2. The largest absolute Gasteiger partial charge is 0.363 e. The first-order valence-electron chi connectivity index (χ1n) is 8.45. The first-order chi connectivity index (χ1) is 11.9. The van der Waals surface area contributed by atoms with E-state index in [1.54, 1.807) is 10.4 Å². The Morgan fingerprint density at radius 2 is 1.92 bits per heavy atom. The molecule has 2 rings (SSSR count). The maximum absolute atomic E-state index is 12.9. The van der Waals surface area contributed by atoms with E-state index in [1.807, 2.05) is 37.7 Å². The van der Waals surface area contributed by atoms with Crippen LogP contribution in [0.3, 0.4) is 0 Å². The predicted octanol–water partition coefficient (Wildman–Crippen LogP) is 2.24. The summed E-state index contributed by atoms with van der Waals surface area (Å²) in [5.41, 5.74) is 1.75. The van der Waals surface area contributed by atoms with Crippen molar-refractivity contribution in [1.82, 2.24) is 14.5 Å². The summed E-state index contributed by atoms with van der Waals surface area (Å²) in [6, 6.07) is 5.56. The van der Waals surface area contributed by atoms with Crippen molar-refractivity contribution in [2.75, 3.05) is 44.7 Å². The molecule has 1 N–H and O–H groups in total. The van der Waals surface area contributed by atoms with E-state index in [0.29, 0.717) is 31.1 Å². The summed E-state index contributed by atoms with van der Waals surface area (Å²) in [6.07, 6.45) is 3.16. The zero-order valence-corrected chi connectivity index (χ0v) is 17.6. The number of hydrogen-bond donors (Lipinski definition) is 1. The summed E-state index contributed by atoms with van der Waals surface area (Å²) in [4.78, 5) is 2.47. The number of thioether (sulfide) groups is 1. The van der Waals surface area contributed by atoms with Gasteiger partial charge in [0, 0.05) is 32.7 Å². The van der Waals surface area contributed by atoms with Crippen LogP contribution in [0.5, 0.6) is 0 Å². The lowest BCUT2D eigenvalue weighted by Gasteiger charge is -2.35. The quantitative estimate of drug-likeness (QED) is 0.583. The first kappa shape index (κ1) is 20.5. The Morgan fingerprint density at radius 1 is 1.24 bits per heavy atom. The van der Waals surface area contributed by atoms with Gasteiger partial charge in [-0.2, -0.15) is 16.1 Å². The fraction of sp³-hybridized carbons (Fsp3) is 0.588. The molecule has 25 heavy (non-hydrogen) atoms. The van der Waals surface area contributed by atoms with Crippen LogP contribution in [0.4, 0.5) is 0 Å². The van der Waals surface area contributed by atoms with Crippen molar-refractivity contribution in [3.63, 3.8) is 0 Å². The minimum Gasteiger partial charge on any atom is -0.363 e. The molecule has 0 radical (unpaired) electrons. The van der Waals surface area contributed by atoms with Crippen LogP contribution in [0.2, 0.25) is 0 Å². The number of hydrogen-bond acceptors (Lipinski definition) is 4. The van der Waals surface area contributed by atoms with Gasteiger partial charge in [0.25, 0.3) is 0 Å². The number of thiocarbonyl (C=S) groups is 1. The van der Waals surface area contributed by atoms with Crippen LogP contribution in [0, 0.1) is 13.8 Å². The second-order valence-corrected chi connectivity index (χ2v) is 9.52. The number of rotatable bonds is 6. The molecule has 1 aromatic carbocycles. The van der Waals surface area contributed by atoms with E-state index in [9.17, 15) is 8.42 Å². The second-order valence-electron chi connectivity index (χ2n) is 6.24. The molecular weight excluding hydrogens is 374 g/mol. The van der Waals surface area contributed by atoms with E-state index in [1.165, 1.54) is 0 Å². The van der Waals surface area contributed by atoms with Gasteiger partial charge in [-0.1, -0.05) is 12.1 Å². The average molecular weight is 402 g/mol. The third kappa shape index (κ3) is 5.32. The van der Waals surface area contributed by atoms with Crippen LogP contribution < -0.4 is 5.32 Å². The van der Waals surface area contributed by atoms with Crippen LogP contribution in [0.15, 0.2) is 23.1 Å². The summed E-state index contributed by atoms with van der Waals surface area (Å²) in [5, 5.41) is 3.99. The normalized spacial score (nSPS) is 16.0. The molecule has 8 heteroatoms. The maximum Gasteiger partial charge on any atom is 0.243 e. The molecule has 140 valence electrons. The highest BCUT2D eigenvalue weighted by Gasteiger charge is 2.30. The molecule has 1 aliphatic heterocycles. The van der Waals surface area contributed by atoms with Gasteiger partial charge in [-0.25, -0.2) is 8.42 Å². The molecule has 0 spiro atoms. The van der Waals surface area contributed by atoms with Crippen molar-refractivity contribution in [2.45, 2.75) is 25.2 Å². The van der Waals surface area contributed by atoms with Crippen LogP contribution >= 0.6 is 24.0 Å². The number of benzene rings is 1. The first-order valence-corrected chi connectivity index (χ1v) is 11.7. The van der Waals surface area contributed by atoms with Gasteiger partial charge in [0.15, 0.2) is 5.11 Å². The van der Waals surface area contributed by atoms with E-state index in [4.69, 9.17) is 12.2 Å². The van der Waals surface area contributed by atoms with Crippen molar-refractivity contribution >= 4 is 39.1 Å². The smallest absolute Gasteiger partial charge is 0.243 e. The summed E-state index contributed by atoms with van der Waals surface area (Å²) in [7, 11) is -3.45. The molecule has 1 heterocycles. The zero-order chi connectivity index (χ0) is 18.4. The predicted molar refractivity (Wildman–Crippen MR) is 110 cm³/mol. The molecule has 0 bridgehead atoms. The van der Waals surface area contributed by atoms with Gasteiger partial charge in [0.1, 0.15) is 0 Å². The molecule has 1 fully saturated rings. The molecule has 1 aliphatic rings. The number of nitrogens with one attached hydrogen (secondary N) is 1. The SMILES string of the molecule is CSCCCNC(=S)N1CCN(S(=O)(=O)c2cc(C)ccc2C)CC1. The van der Waals surface area contributed by atoms with Gasteiger partial charge >= 0.3 is 0 Å². The molecule has 1 saturated heterocycles. The van der Waals surface area contributed by atoms with Crippen molar-refractivity contribution in [1.29, 1.82) is 0 Å². The van der Waals surface area contributed by atoms with Crippen molar-refractivity contribution in [3.05, 3.63) is 29.3 Å². The van der Waals surface area contributed by atoms with Gasteiger partial charge in [-0.3, -0.25) is 0 Å². The highest BCUT2D eigenvalue weighted by Crippen LogP contribution is 2.22. The number of piperazine rings is 1. The van der Waals surface area contributed by atoms with Crippen molar-refractivity contribution in [2.24, 2.45) is 0 Å². The third-order valence-corrected chi connectivity index (χ3v) is 7.43. The Morgan fingerprint density at radius 3 is 2.56 bits per heavy atom. The Bertz CT molecular complexity index is 699. The van der Waals surface area contributed by atoms with E-state index in [0.717, 1.165) is 35.0 Å². The Hall–Kier alpha value is -0.830. The van der Waals surface area contributed by atoms with E-state index < -0.39 is 10.0 Å². The van der Waals surface area contributed by atoms with Gasteiger partial charge in [0.05, 0.1) is 4.90 Å². The number of nitrogens with zero attached hydrogens (tertiary/aromatic N) is 2. The molecule has 0 aliphatic carbocycles. The molecular formula is C17H27N3O2S3. The molecule has 0 unspecified atom stereocenters. The standard InChI is InChI=1S/C17H27N3O2S3/c1-14-5-6-15(2)16(13-14)25(21,22)20-10-8-19(9-11-20)17(23)18-7-4-12-24-3/h5-6,13H,4,7-12H2,1-3H3,(H,18,23). The van der Waals surface area contributed by atoms with Crippen LogP contribution in [-0.2, 0) is 10.0 Å². The van der Waals surface area contributed by atoms with Gasteiger partial charge < -0.3 is 10.2 Å². The lowest BCUT2D eigenvalue weighted by molar-refractivity contribution is 0.264. The lowest BCUT2D eigenvalue weighted by Crippen LogP contribution is -2.53. The van der Waals surface area contributed by atoms with Crippen LogP contribution in [0.25, 0.3) is 0 Å².